The van der Waals surface area contributed by atoms with Gasteiger partial charge in [0.25, 0.3) is 5.91 Å². The lowest BCUT2D eigenvalue weighted by atomic mass is 10.2. The van der Waals surface area contributed by atoms with Crippen molar-refractivity contribution in [3.05, 3.63) is 58.5 Å². The number of imidazole rings is 1. The molecule has 0 saturated carbocycles. The first-order chi connectivity index (χ1) is 12.0. The zero-order valence-corrected chi connectivity index (χ0v) is 13.4. The van der Waals surface area contributed by atoms with Gasteiger partial charge in [0, 0.05) is 11.3 Å². The number of H-pyrrole nitrogens is 2. The number of fused-ring (bicyclic) bond motifs is 1. The second kappa shape index (κ2) is 6.91. The van der Waals surface area contributed by atoms with Crippen molar-refractivity contribution < 1.29 is 14.3 Å². The van der Waals surface area contributed by atoms with Gasteiger partial charge in [0.1, 0.15) is 5.75 Å². The summed E-state index contributed by atoms with van der Waals surface area (Å²) < 4.78 is 5.06. The number of anilines is 1. The Morgan fingerprint density at radius 1 is 1.08 bits per heavy atom. The topological polar surface area (TPSA) is 116 Å². The number of nitrogens with one attached hydrogen (secondary N) is 4. The predicted octanol–water partition coefficient (Wildman–Crippen LogP) is 1.23. The van der Waals surface area contributed by atoms with Gasteiger partial charge in [-0.25, -0.2) is 4.79 Å². The zero-order chi connectivity index (χ0) is 17.8. The van der Waals surface area contributed by atoms with Crippen molar-refractivity contribution >= 4 is 28.5 Å². The van der Waals surface area contributed by atoms with Crippen molar-refractivity contribution in [3.8, 4) is 5.75 Å². The Labute approximate surface area is 142 Å². The van der Waals surface area contributed by atoms with E-state index in [2.05, 4.69) is 20.6 Å². The highest BCUT2D eigenvalue weighted by molar-refractivity contribution is 6.00. The third-order valence-corrected chi connectivity index (χ3v) is 3.54. The summed E-state index contributed by atoms with van der Waals surface area (Å²) in [6, 6.07) is 11.6. The lowest BCUT2D eigenvalue weighted by Gasteiger charge is -2.08. The van der Waals surface area contributed by atoms with Crippen LogP contribution in [0.3, 0.4) is 0 Å². The van der Waals surface area contributed by atoms with E-state index in [9.17, 15) is 14.4 Å². The van der Waals surface area contributed by atoms with Crippen LogP contribution >= 0.6 is 0 Å². The normalized spacial score (nSPS) is 10.4. The molecule has 0 fully saturated rings. The summed E-state index contributed by atoms with van der Waals surface area (Å²) in [6.07, 6.45) is 0. The van der Waals surface area contributed by atoms with Gasteiger partial charge in [-0.2, -0.15) is 0 Å². The van der Waals surface area contributed by atoms with Gasteiger partial charge in [0.15, 0.2) is 0 Å². The fourth-order valence-electron chi connectivity index (χ4n) is 2.34. The summed E-state index contributed by atoms with van der Waals surface area (Å²) in [4.78, 5) is 40.5. The minimum atomic E-state index is -0.381. The van der Waals surface area contributed by atoms with Crippen molar-refractivity contribution in [2.24, 2.45) is 0 Å². The Balaban J connectivity index is 1.59. The van der Waals surface area contributed by atoms with Gasteiger partial charge in [-0.3, -0.25) is 9.59 Å². The van der Waals surface area contributed by atoms with Crippen molar-refractivity contribution in [1.82, 2.24) is 15.3 Å². The molecule has 0 unspecified atom stereocenters. The quantitative estimate of drug-likeness (QED) is 0.559. The number of aromatic amines is 2. The monoisotopic (exact) mass is 340 g/mol. The number of aromatic nitrogens is 2. The fraction of sp³-hybridized carbons (Fsp3) is 0.118. The molecule has 8 heteroatoms. The molecule has 2 amide bonds. The van der Waals surface area contributed by atoms with E-state index in [0.29, 0.717) is 28.0 Å². The van der Waals surface area contributed by atoms with E-state index in [0.717, 1.165) is 0 Å². The molecule has 0 saturated heterocycles. The van der Waals surface area contributed by atoms with Gasteiger partial charge >= 0.3 is 5.69 Å². The Hall–Kier alpha value is -3.55. The summed E-state index contributed by atoms with van der Waals surface area (Å²) in [5.41, 5.74) is 1.84. The number of amides is 2. The molecular formula is C17H16N4O4. The summed E-state index contributed by atoms with van der Waals surface area (Å²) in [5, 5.41) is 5.20. The lowest BCUT2D eigenvalue weighted by molar-refractivity contribution is -0.115. The van der Waals surface area contributed by atoms with Crippen molar-refractivity contribution in [1.29, 1.82) is 0 Å². The number of benzene rings is 2. The van der Waals surface area contributed by atoms with Gasteiger partial charge in [-0.15, -0.1) is 0 Å². The van der Waals surface area contributed by atoms with Crippen molar-refractivity contribution in [3.63, 3.8) is 0 Å². The summed E-state index contributed by atoms with van der Waals surface area (Å²) in [6.45, 7) is -0.183. The Morgan fingerprint density at radius 3 is 2.68 bits per heavy atom. The average molecular weight is 340 g/mol. The highest BCUT2D eigenvalue weighted by Crippen LogP contribution is 2.14. The molecule has 0 spiro atoms. The van der Waals surface area contributed by atoms with Crippen molar-refractivity contribution in [2.45, 2.75) is 0 Å². The van der Waals surface area contributed by atoms with E-state index in [1.165, 1.54) is 7.11 Å². The number of methoxy groups -OCH3 is 1. The van der Waals surface area contributed by atoms with E-state index in [1.807, 2.05) is 0 Å². The second-order valence-corrected chi connectivity index (χ2v) is 5.30. The Morgan fingerprint density at radius 2 is 1.88 bits per heavy atom. The molecular weight excluding hydrogens is 324 g/mol. The summed E-state index contributed by atoms with van der Waals surface area (Å²) in [5.74, 6) is -0.196. The van der Waals surface area contributed by atoms with Gasteiger partial charge in [-0.05, 0) is 36.4 Å². The van der Waals surface area contributed by atoms with Crippen LogP contribution in [0.4, 0.5) is 5.69 Å². The molecule has 4 N–H and O–H groups in total. The Bertz CT molecular complexity index is 989. The molecule has 3 rings (SSSR count). The third-order valence-electron chi connectivity index (χ3n) is 3.54. The van der Waals surface area contributed by atoms with Crippen LogP contribution in [0.5, 0.6) is 5.75 Å². The largest absolute Gasteiger partial charge is 0.497 e. The maximum absolute atomic E-state index is 12.1. The summed E-state index contributed by atoms with van der Waals surface area (Å²) >= 11 is 0. The first-order valence-corrected chi connectivity index (χ1v) is 7.49. The lowest BCUT2D eigenvalue weighted by Crippen LogP contribution is -2.32. The molecule has 2 aromatic carbocycles. The molecule has 0 radical (unpaired) electrons. The van der Waals surface area contributed by atoms with Crippen LogP contribution in [0, 0.1) is 0 Å². The molecule has 128 valence electrons. The molecule has 0 aliphatic rings. The molecule has 0 atom stereocenters. The zero-order valence-electron chi connectivity index (χ0n) is 13.4. The maximum atomic E-state index is 12.1. The fourth-order valence-corrected chi connectivity index (χ4v) is 2.34. The minimum absolute atomic E-state index is 0.183. The average Bonchev–Trinajstić information content (AvgIpc) is 2.99. The van der Waals surface area contributed by atoms with E-state index in [4.69, 9.17) is 4.74 Å². The van der Waals surface area contributed by atoms with Crippen LogP contribution in [0.2, 0.25) is 0 Å². The van der Waals surface area contributed by atoms with Crippen LogP contribution < -0.4 is 21.1 Å². The number of carbonyl (C=O) groups is 2. The second-order valence-electron chi connectivity index (χ2n) is 5.30. The first-order valence-electron chi connectivity index (χ1n) is 7.49. The number of hydrogen-bond donors (Lipinski definition) is 4. The SMILES string of the molecule is COc1cccc(C(=O)NCC(=O)Nc2ccc3[nH]c(=O)[nH]c3c2)c1. The van der Waals surface area contributed by atoms with E-state index in [1.54, 1.807) is 42.5 Å². The summed E-state index contributed by atoms with van der Waals surface area (Å²) in [7, 11) is 1.51. The number of ether oxygens (including phenoxy) is 1. The highest BCUT2D eigenvalue weighted by Gasteiger charge is 2.09. The van der Waals surface area contributed by atoms with Gasteiger partial charge in [0.05, 0.1) is 24.7 Å². The van der Waals surface area contributed by atoms with Crippen LogP contribution in [0.25, 0.3) is 11.0 Å². The van der Waals surface area contributed by atoms with Gasteiger partial charge < -0.3 is 25.3 Å². The molecule has 1 aromatic heterocycles. The van der Waals surface area contributed by atoms with Crippen LogP contribution in [-0.4, -0.2) is 35.4 Å². The van der Waals surface area contributed by atoms with Crippen LogP contribution in [-0.2, 0) is 4.79 Å². The van der Waals surface area contributed by atoms with Crippen LogP contribution in [0.1, 0.15) is 10.4 Å². The standard InChI is InChI=1S/C17H16N4O4/c1-25-12-4-2-3-10(7-12)16(23)18-9-15(22)19-11-5-6-13-14(8-11)21-17(24)20-13/h2-8H,9H2,1H3,(H,18,23)(H,19,22)(H2,20,21,24). The smallest absolute Gasteiger partial charge is 0.323 e. The predicted molar refractivity (Wildman–Crippen MR) is 92.9 cm³/mol. The molecule has 3 aromatic rings. The molecule has 1 heterocycles. The molecule has 0 bridgehead atoms. The molecule has 0 aliphatic carbocycles. The minimum Gasteiger partial charge on any atom is -0.497 e. The Kier molecular flexibility index (Phi) is 4.51. The van der Waals surface area contributed by atoms with E-state index >= 15 is 0 Å². The number of hydrogen-bond acceptors (Lipinski definition) is 4. The van der Waals surface area contributed by atoms with E-state index < -0.39 is 0 Å². The third kappa shape index (κ3) is 3.86. The van der Waals surface area contributed by atoms with Gasteiger partial charge in [0.2, 0.25) is 5.91 Å². The highest BCUT2D eigenvalue weighted by atomic mass is 16.5. The van der Waals surface area contributed by atoms with E-state index in [-0.39, 0.29) is 24.0 Å². The molecule has 25 heavy (non-hydrogen) atoms. The van der Waals surface area contributed by atoms with Crippen LogP contribution in [0.15, 0.2) is 47.3 Å². The van der Waals surface area contributed by atoms with Crippen molar-refractivity contribution in [2.75, 3.05) is 19.0 Å². The first kappa shape index (κ1) is 16.3. The maximum Gasteiger partial charge on any atom is 0.323 e. The molecule has 0 aliphatic heterocycles. The molecule has 8 nitrogen and oxygen atoms in total. The number of carbonyl (C=O) groups excluding carboxylic acids is 2. The van der Waals surface area contributed by atoms with Gasteiger partial charge in [-0.1, -0.05) is 6.07 Å². The number of rotatable bonds is 5.